The molecule has 0 aliphatic rings. The summed E-state index contributed by atoms with van der Waals surface area (Å²) in [6.45, 7) is 3.50. The van der Waals surface area contributed by atoms with E-state index in [-0.39, 0.29) is 35.2 Å². The van der Waals surface area contributed by atoms with Gasteiger partial charge in [0.15, 0.2) is 9.84 Å². The Balaban J connectivity index is 2.24. The Bertz CT molecular complexity index is 877. The first-order chi connectivity index (χ1) is 12.8. The predicted octanol–water partition coefficient (Wildman–Crippen LogP) is 2.18. The third kappa shape index (κ3) is 5.86. The Morgan fingerprint density at radius 1 is 1.26 bits per heavy atom. The minimum atomic E-state index is -3.55. The molecule has 27 heavy (non-hydrogen) atoms. The van der Waals surface area contributed by atoms with E-state index in [2.05, 4.69) is 36.5 Å². The molecule has 0 saturated carbocycles. The number of halogens is 1. The van der Waals surface area contributed by atoms with Gasteiger partial charge in [-0.3, -0.25) is 0 Å². The fourth-order valence-corrected chi connectivity index (χ4v) is 3.64. The molecular weight excluding hydrogens is 436 g/mol. The second-order valence-electron chi connectivity index (χ2n) is 6.26. The number of anilines is 3. The Hall–Kier alpha value is -1.75. The highest BCUT2D eigenvalue weighted by atomic mass is 79.9. The number of aliphatic hydroxyl groups is 2. The van der Waals surface area contributed by atoms with Crippen LogP contribution in [-0.2, 0) is 9.84 Å². The first kappa shape index (κ1) is 21.5. The average molecular weight is 459 g/mol. The monoisotopic (exact) mass is 458 g/mol. The van der Waals surface area contributed by atoms with Crippen molar-refractivity contribution >= 4 is 43.2 Å². The maximum Gasteiger partial charge on any atom is 0.229 e. The van der Waals surface area contributed by atoms with E-state index < -0.39 is 16.4 Å². The van der Waals surface area contributed by atoms with Crippen molar-refractivity contribution in [2.45, 2.75) is 24.8 Å². The molecule has 2 aromatic rings. The zero-order chi connectivity index (χ0) is 20.0. The van der Waals surface area contributed by atoms with Crippen LogP contribution in [0, 0.1) is 5.92 Å². The largest absolute Gasteiger partial charge is 0.395 e. The normalized spacial score (nSPS) is 12.8. The summed E-state index contributed by atoms with van der Waals surface area (Å²) >= 11 is 3.38. The number of rotatable bonds is 9. The van der Waals surface area contributed by atoms with Gasteiger partial charge in [0.1, 0.15) is 5.82 Å². The first-order valence-corrected chi connectivity index (χ1v) is 10.8. The molecule has 0 aliphatic heterocycles. The first-order valence-electron chi connectivity index (χ1n) is 8.37. The van der Waals surface area contributed by atoms with E-state index in [0.717, 1.165) is 0 Å². The lowest BCUT2D eigenvalue weighted by atomic mass is 10.1. The molecule has 4 N–H and O–H groups in total. The summed E-state index contributed by atoms with van der Waals surface area (Å²) in [5.74, 6) is 0.653. The Morgan fingerprint density at radius 2 is 2.00 bits per heavy atom. The highest BCUT2D eigenvalue weighted by Crippen LogP contribution is 2.24. The highest BCUT2D eigenvalue weighted by Gasteiger charge is 2.16. The van der Waals surface area contributed by atoms with Crippen molar-refractivity contribution in [3.05, 3.63) is 34.9 Å². The molecule has 0 fully saturated rings. The van der Waals surface area contributed by atoms with Gasteiger partial charge < -0.3 is 20.8 Å². The molecule has 148 valence electrons. The van der Waals surface area contributed by atoms with Gasteiger partial charge in [0.25, 0.3) is 0 Å². The minimum absolute atomic E-state index is 0.0400. The number of nitrogens with one attached hydrogen (secondary N) is 2. The number of hydrogen-bond acceptors (Lipinski definition) is 8. The molecular formula is C17H23BrN4O4S. The van der Waals surface area contributed by atoms with E-state index in [9.17, 15) is 13.5 Å². The molecule has 1 atom stereocenters. The van der Waals surface area contributed by atoms with Crippen molar-refractivity contribution < 1.29 is 18.6 Å². The molecule has 8 nitrogen and oxygen atoms in total. The number of sulfone groups is 1. The van der Waals surface area contributed by atoms with Crippen LogP contribution in [0.15, 0.2) is 39.8 Å². The van der Waals surface area contributed by atoms with Crippen molar-refractivity contribution in [3.8, 4) is 0 Å². The number of aliphatic hydroxyl groups excluding tert-OH is 2. The van der Waals surface area contributed by atoms with E-state index in [4.69, 9.17) is 5.11 Å². The minimum Gasteiger partial charge on any atom is -0.395 e. The SMILES string of the molecule is CC(C)C(CO)Nc1nc(Nc2cccc(S(=O)(=O)CCO)c2)ncc1Br. The van der Waals surface area contributed by atoms with Crippen molar-refractivity contribution in [2.24, 2.45) is 5.92 Å². The molecule has 1 unspecified atom stereocenters. The lowest BCUT2D eigenvalue weighted by Gasteiger charge is -2.21. The third-order valence-corrected chi connectivity index (χ3v) is 6.15. The van der Waals surface area contributed by atoms with Gasteiger partial charge in [0, 0.05) is 11.9 Å². The van der Waals surface area contributed by atoms with E-state index in [1.165, 1.54) is 12.1 Å². The van der Waals surface area contributed by atoms with Gasteiger partial charge in [-0.1, -0.05) is 19.9 Å². The molecule has 0 aliphatic carbocycles. The van der Waals surface area contributed by atoms with Crippen LogP contribution in [0.3, 0.4) is 0 Å². The molecule has 1 aromatic carbocycles. The summed E-state index contributed by atoms with van der Waals surface area (Å²) < 4.78 is 24.8. The van der Waals surface area contributed by atoms with Gasteiger partial charge in [-0.05, 0) is 40.0 Å². The van der Waals surface area contributed by atoms with E-state index in [1.807, 2.05) is 13.8 Å². The lowest BCUT2D eigenvalue weighted by molar-refractivity contribution is 0.249. The molecule has 10 heteroatoms. The smallest absolute Gasteiger partial charge is 0.229 e. The summed E-state index contributed by atoms with van der Waals surface area (Å²) in [4.78, 5) is 8.67. The second-order valence-corrected chi connectivity index (χ2v) is 9.23. The van der Waals surface area contributed by atoms with Crippen molar-refractivity contribution in [1.82, 2.24) is 9.97 Å². The summed E-state index contributed by atoms with van der Waals surface area (Å²) in [6, 6.07) is 6.07. The highest BCUT2D eigenvalue weighted by molar-refractivity contribution is 9.10. The van der Waals surface area contributed by atoms with Crippen LogP contribution >= 0.6 is 15.9 Å². The Morgan fingerprint density at radius 3 is 2.63 bits per heavy atom. The summed E-state index contributed by atoms with van der Waals surface area (Å²) in [7, 11) is -3.55. The van der Waals surface area contributed by atoms with E-state index >= 15 is 0 Å². The van der Waals surface area contributed by atoms with Crippen LogP contribution < -0.4 is 10.6 Å². The molecule has 1 heterocycles. The van der Waals surface area contributed by atoms with Crippen molar-refractivity contribution in [3.63, 3.8) is 0 Å². The summed E-state index contributed by atoms with van der Waals surface area (Å²) in [5.41, 5.74) is 0.504. The van der Waals surface area contributed by atoms with Gasteiger partial charge >= 0.3 is 0 Å². The predicted molar refractivity (Wildman–Crippen MR) is 108 cm³/mol. The Kier molecular flexibility index (Phi) is 7.54. The standard InChI is InChI=1S/C17H23BrN4O4S/c1-11(2)15(10-24)21-16-14(18)9-19-17(22-16)20-12-4-3-5-13(8-12)27(25,26)7-6-23/h3-5,8-9,11,15,23-24H,6-7,10H2,1-2H3,(H2,19,20,21,22). The van der Waals surface area contributed by atoms with Gasteiger partial charge in [-0.15, -0.1) is 0 Å². The van der Waals surface area contributed by atoms with Crippen molar-refractivity contribution in [1.29, 1.82) is 0 Å². The van der Waals surface area contributed by atoms with Crippen LogP contribution in [0.1, 0.15) is 13.8 Å². The van der Waals surface area contributed by atoms with Crippen LogP contribution in [0.5, 0.6) is 0 Å². The molecule has 2 rings (SSSR count). The van der Waals surface area contributed by atoms with E-state index in [1.54, 1.807) is 18.3 Å². The molecule has 1 aromatic heterocycles. The van der Waals surface area contributed by atoms with Gasteiger partial charge in [0.05, 0.1) is 34.4 Å². The van der Waals surface area contributed by atoms with Gasteiger partial charge in [0.2, 0.25) is 5.95 Å². The van der Waals surface area contributed by atoms with Crippen LogP contribution in [0.25, 0.3) is 0 Å². The molecule has 0 radical (unpaired) electrons. The number of benzene rings is 1. The Labute approximate surface area is 167 Å². The van der Waals surface area contributed by atoms with Gasteiger partial charge in [-0.2, -0.15) is 4.98 Å². The zero-order valence-corrected chi connectivity index (χ0v) is 17.5. The zero-order valence-electron chi connectivity index (χ0n) is 15.1. The average Bonchev–Trinajstić information content (AvgIpc) is 2.62. The van der Waals surface area contributed by atoms with Crippen molar-refractivity contribution in [2.75, 3.05) is 29.6 Å². The maximum atomic E-state index is 12.1. The lowest BCUT2D eigenvalue weighted by Crippen LogP contribution is -2.30. The summed E-state index contributed by atoms with van der Waals surface area (Å²) in [5, 5.41) is 24.5. The van der Waals surface area contributed by atoms with E-state index in [0.29, 0.717) is 16.0 Å². The fourth-order valence-electron chi connectivity index (χ4n) is 2.26. The fraction of sp³-hybridized carbons (Fsp3) is 0.412. The molecule has 0 spiro atoms. The second kappa shape index (κ2) is 9.45. The quantitative estimate of drug-likeness (QED) is 0.450. The molecule has 0 saturated heterocycles. The topological polar surface area (TPSA) is 124 Å². The maximum absolute atomic E-state index is 12.1. The van der Waals surface area contributed by atoms with Gasteiger partial charge in [-0.25, -0.2) is 13.4 Å². The number of nitrogens with zero attached hydrogens (tertiary/aromatic N) is 2. The number of aromatic nitrogens is 2. The van der Waals surface area contributed by atoms with Crippen LogP contribution in [0.2, 0.25) is 0 Å². The van der Waals surface area contributed by atoms with Crippen LogP contribution in [-0.4, -0.2) is 53.6 Å². The third-order valence-electron chi connectivity index (χ3n) is 3.88. The molecule has 0 bridgehead atoms. The molecule has 0 amide bonds. The summed E-state index contributed by atoms with van der Waals surface area (Å²) in [6.07, 6.45) is 1.57. The van der Waals surface area contributed by atoms with Crippen LogP contribution in [0.4, 0.5) is 17.5 Å². The number of hydrogen-bond donors (Lipinski definition) is 4.